The number of rotatable bonds is 6. The van der Waals surface area contributed by atoms with Gasteiger partial charge in [-0.2, -0.15) is 0 Å². The van der Waals surface area contributed by atoms with Crippen LogP contribution in [0.5, 0.6) is 0 Å². The van der Waals surface area contributed by atoms with Crippen LogP contribution in [0.2, 0.25) is 0 Å². The maximum absolute atomic E-state index is 11.6. The van der Waals surface area contributed by atoms with E-state index in [-0.39, 0.29) is 0 Å². The number of carbonyl (C=O) groups is 2. The molecule has 0 bridgehead atoms. The molecule has 2 amide bonds. The summed E-state index contributed by atoms with van der Waals surface area (Å²) in [6.07, 6.45) is -0.313. The van der Waals surface area contributed by atoms with Gasteiger partial charge in [0.2, 0.25) is 0 Å². The highest BCUT2D eigenvalue weighted by atomic mass is 16.4. The minimum atomic E-state index is -1.32. The van der Waals surface area contributed by atoms with Gasteiger partial charge in [-0.05, 0) is 24.5 Å². The molecule has 2 atom stereocenters. The van der Waals surface area contributed by atoms with Crippen LogP contribution in [0.4, 0.5) is 4.79 Å². The van der Waals surface area contributed by atoms with Crippen molar-refractivity contribution in [2.75, 3.05) is 0 Å². The maximum Gasteiger partial charge on any atom is 0.328 e. The summed E-state index contributed by atoms with van der Waals surface area (Å²) in [6, 6.07) is 5.74. The Kier molecular flexibility index (Phi) is 5.99. The first kappa shape index (κ1) is 16.0. The largest absolute Gasteiger partial charge is 0.480 e. The number of aryl methyl sites for hydroxylation is 1. The minimum Gasteiger partial charge on any atom is -0.480 e. The summed E-state index contributed by atoms with van der Waals surface area (Å²) in [5.74, 6) is -1.27. The molecule has 0 fully saturated rings. The third kappa shape index (κ3) is 4.55. The van der Waals surface area contributed by atoms with Crippen molar-refractivity contribution in [2.45, 2.75) is 39.0 Å². The van der Waals surface area contributed by atoms with Gasteiger partial charge in [0.15, 0.2) is 6.04 Å². The Balaban J connectivity index is 2.57. The summed E-state index contributed by atoms with van der Waals surface area (Å²) in [7, 11) is 0. The van der Waals surface area contributed by atoms with Gasteiger partial charge in [-0.3, -0.25) is 0 Å². The van der Waals surface area contributed by atoms with E-state index in [2.05, 4.69) is 10.6 Å². The smallest absolute Gasteiger partial charge is 0.328 e. The standard InChI is InChI=1S/C14H20N2O4/c1-3-10-6-4-5-7-11(10)8-15-14(20)16-12(9(2)17)13(18)19/h4-7,9,12,17H,3,8H2,1-2H3,(H,18,19)(H2,15,16,20)/t9-,12+/m1/s1. The van der Waals surface area contributed by atoms with Crippen LogP contribution >= 0.6 is 0 Å². The average Bonchev–Trinajstić information content (AvgIpc) is 2.42. The lowest BCUT2D eigenvalue weighted by molar-refractivity contribution is -0.141. The van der Waals surface area contributed by atoms with Crippen molar-refractivity contribution in [3.05, 3.63) is 35.4 Å². The summed E-state index contributed by atoms with van der Waals surface area (Å²) in [5, 5.41) is 22.9. The molecule has 0 heterocycles. The molecule has 0 aliphatic rings. The second-order valence-electron chi connectivity index (χ2n) is 4.51. The molecule has 0 aliphatic carbocycles. The molecule has 1 aromatic rings. The lowest BCUT2D eigenvalue weighted by atomic mass is 10.1. The van der Waals surface area contributed by atoms with Crippen molar-refractivity contribution in [2.24, 2.45) is 0 Å². The number of carbonyl (C=O) groups excluding carboxylic acids is 1. The highest BCUT2D eigenvalue weighted by molar-refractivity contribution is 5.82. The fourth-order valence-corrected chi connectivity index (χ4v) is 1.83. The lowest BCUT2D eigenvalue weighted by Crippen LogP contribution is -2.51. The van der Waals surface area contributed by atoms with Gasteiger partial charge in [0.25, 0.3) is 0 Å². The molecule has 6 nitrogen and oxygen atoms in total. The Morgan fingerprint density at radius 3 is 2.35 bits per heavy atom. The van der Waals surface area contributed by atoms with Crippen LogP contribution in [0.15, 0.2) is 24.3 Å². The van der Waals surface area contributed by atoms with Crippen LogP contribution in [0.25, 0.3) is 0 Å². The molecule has 0 radical (unpaired) electrons. The third-order valence-electron chi connectivity index (χ3n) is 2.97. The number of amides is 2. The van der Waals surface area contributed by atoms with Crippen molar-refractivity contribution in [1.82, 2.24) is 10.6 Å². The average molecular weight is 280 g/mol. The quantitative estimate of drug-likeness (QED) is 0.621. The molecule has 6 heteroatoms. The number of hydrogen-bond acceptors (Lipinski definition) is 3. The molecule has 4 N–H and O–H groups in total. The first-order chi connectivity index (χ1) is 9.45. The van der Waals surface area contributed by atoms with E-state index >= 15 is 0 Å². The molecule has 0 spiro atoms. The Morgan fingerprint density at radius 1 is 1.25 bits per heavy atom. The van der Waals surface area contributed by atoms with E-state index in [4.69, 9.17) is 5.11 Å². The molecule has 1 aromatic carbocycles. The van der Waals surface area contributed by atoms with Crippen LogP contribution in [0.3, 0.4) is 0 Å². The van der Waals surface area contributed by atoms with E-state index in [1.165, 1.54) is 6.92 Å². The molecule has 0 aromatic heterocycles. The van der Waals surface area contributed by atoms with Crippen molar-refractivity contribution >= 4 is 12.0 Å². The van der Waals surface area contributed by atoms with Crippen LogP contribution in [-0.2, 0) is 17.8 Å². The number of hydrogen-bond donors (Lipinski definition) is 4. The highest BCUT2D eigenvalue weighted by Gasteiger charge is 2.24. The van der Waals surface area contributed by atoms with Crippen LogP contribution in [0.1, 0.15) is 25.0 Å². The summed E-state index contributed by atoms with van der Waals surface area (Å²) in [6.45, 7) is 3.64. The number of urea groups is 1. The van der Waals surface area contributed by atoms with Gasteiger partial charge in [0, 0.05) is 6.54 Å². The van der Waals surface area contributed by atoms with E-state index in [1.54, 1.807) is 0 Å². The van der Waals surface area contributed by atoms with Crippen molar-refractivity contribution in [1.29, 1.82) is 0 Å². The number of aliphatic hydroxyl groups is 1. The fraction of sp³-hybridized carbons (Fsp3) is 0.429. The second-order valence-corrected chi connectivity index (χ2v) is 4.51. The number of carboxylic acids is 1. The molecule has 110 valence electrons. The Bertz CT molecular complexity index is 474. The zero-order valence-electron chi connectivity index (χ0n) is 11.6. The lowest BCUT2D eigenvalue weighted by Gasteiger charge is -2.17. The molecular formula is C14H20N2O4. The van der Waals surface area contributed by atoms with Gasteiger partial charge < -0.3 is 20.8 Å². The van der Waals surface area contributed by atoms with Crippen LogP contribution in [0, 0.1) is 0 Å². The van der Waals surface area contributed by atoms with Gasteiger partial charge in [-0.1, -0.05) is 31.2 Å². The van der Waals surface area contributed by atoms with Gasteiger partial charge >= 0.3 is 12.0 Å². The van der Waals surface area contributed by atoms with Gasteiger partial charge in [-0.25, -0.2) is 9.59 Å². The topological polar surface area (TPSA) is 98.7 Å². The molecular weight excluding hydrogens is 260 g/mol. The molecule has 0 aliphatic heterocycles. The predicted molar refractivity (Wildman–Crippen MR) is 74.3 cm³/mol. The molecule has 0 saturated carbocycles. The summed E-state index contributed by atoms with van der Waals surface area (Å²) >= 11 is 0. The van der Waals surface area contributed by atoms with Crippen molar-refractivity contribution in [3.8, 4) is 0 Å². The number of aliphatic carboxylic acids is 1. The molecule has 1 rings (SSSR count). The van der Waals surface area contributed by atoms with Crippen LogP contribution in [-0.4, -0.2) is 34.4 Å². The normalized spacial score (nSPS) is 13.3. The summed E-state index contributed by atoms with van der Waals surface area (Å²) in [4.78, 5) is 22.5. The fourth-order valence-electron chi connectivity index (χ4n) is 1.83. The molecule has 0 saturated heterocycles. The molecule has 20 heavy (non-hydrogen) atoms. The van der Waals surface area contributed by atoms with E-state index in [0.717, 1.165) is 17.5 Å². The first-order valence-electron chi connectivity index (χ1n) is 6.47. The van der Waals surface area contributed by atoms with E-state index < -0.39 is 24.1 Å². The van der Waals surface area contributed by atoms with Crippen molar-refractivity contribution in [3.63, 3.8) is 0 Å². The number of benzene rings is 1. The molecule has 0 unspecified atom stereocenters. The van der Waals surface area contributed by atoms with Gasteiger partial charge in [-0.15, -0.1) is 0 Å². The summed E-state index contributed by atoms with van der Waals surface area (Å²) < 4.78 is 0. The Labute approximate surface area is 117 Å². The zero-order valence-corrected chi connectivity index (χ0v) is 11.6. The highest BCUT2D eigenvalue weighted by Crippen LogP contribution is 2.08. The van der Waals surface area contributed by atoms with Crippen molar-refractivity contribution < 1.29 is 19.8 Å². The third-order valence-corrected chi connectivity index (χ3v) is 2.97. The van der Waals surface area contributed by atoms with E-state index in [0.29, 0.717) is 6.54 Å². The number of carboxylic acid groups (broad SMARTS) is 1. The second kappa shape index (κ2) is 7.49. The van der Waals surface area contributed by atoms with Crippen LogP contribution < -0.4 is 10.6 Å². The maximum atomic E-state index is 11.6. The predicted octanol–water partition coefficient (Wildman–Crippen LogP) is 0.882. The SMILES string of the molecule is CCc1ccccc1CNC(=O)N[C@H](C(=O)O)[C@@H](C)O. The zero-order chi connectivity index (χ0) is 15.1. The Morgan fingerprint density at radius 2 is 1.85 bits per heavy atom. The Hall–Kier alpha value is -2.08. The minimum absolute atomic E-state index is 0.308. The monoisotopic (exact) mass is 280 g/mol. The number of nitrogens with one attached hydrogen (secondary N) is 2. The summed E-state index contributed by atoms with van der Waals surface area (Å²) in [5.41, 5.74) is 2.10. The number of aliphatic hydroxyl groups excluding tert-OH is 1. The first-order valence-corrected chi connectivity index (χ1v) is 6.47. The van der Waals surface area contributed by atoms with Gasteiger partial charge in [0.1, 0.15) is 0 Å². The van der Waals surface area contributed by atoms with Gasteiger partial charge in [0.05, 0.1) is 6.10 Å². The van der Waals surface area contributed by atoms with E-state index in [1.807, 2.05) is 31.2 Å². The van der Waals surface area contributed by atoms with E-state index in [9.17, 15) is 14.7 Å².